The Hall–Kier alpha value is -3.86. The van der Waals surface area contributed by atoms with E-state index in [1.54, 1.807) is 48.0 Å². The maximum Gasteiger partial charge on any atom is 0.272 e. The molecule has 1 saturated heterocycles. The third-order valence-electron chi connectivity index (χ3n) is 6.20. The second-order valence-electron chi connectivity index (χ2n) is 9.36. The Morgan fingerprint density at radius 3 is 2.65 bits per heavy atom. The molecule has 1 aliphatic heterocycles. The number of hydrogen-bond donors (Lipinski definition) is 1. The highest BCUT2D eigenvalue weighted by atomic mass is 32.2. The van der Waals surface area contributed by atoms with Crippen LogP contribution in [-0.4, -0.2) is 52.3 Å². The molecule has 192 valence electrons. The van der Waals surface area contributed by atoms with Crippen LogP contribution in [0.4, 0.5) is 8.78 Å². The summed E-state index contributed by atoms with van der Waals surface area (Å²) in [6.07, 6.45) is 1.89. The van der Waals surface area contributed by atoms with Gasteiger partial charge in [-0.3, -0.25) is 9.36 Å². The van der Waals surface area contributed by atoms with Gasteiger partial charge in [-0.2, -0.15) is 0 Å². The molecule has 0 spiro atoms. The minimum atomic E-state index is -3.22. The molecule has 0 saturated carbocycles. The Morgan fingerprint density at radius 1 is 1.22 bits per heavy atom. The van der Waals surface area contributed by atoms with Gasteiger partial charge in [-0.15, -0.1) is 0 Å². The number of hydrogen-bond acceptors (Lipinski definition) is 6. The van der Waals surface area contributed by atoms with Gasteiger partial charge in [-0.05, 0) is 55.3 Å². The monoisotopic (exact) mass is 526 g/mol. The van der Waals surface area contributed by atoms with Crippen molar-refractivity contribution in [2.45, 2.75) is 32.2 Å². The lowest BCUT2D eigenvalue weighted by molar-refractivity contribution is 0.0860. The summed E-state index contributed by atoms with van der Waals surface area (Å²) in [6.45, 7) is 2.97. The first kappa shape index (κ1) is 24.8. The number of nitrogens with zero attached hydrogens (tertiary/aromatic N) is 3. The average molecular weight is 527 g/mol. The molecule has 2 atom stereocenters. The number of fused-ring (bicyclic) bond motifs is 1. The van der Waals surface area contributed by atoms with E-state index < -0.39 is 33.5 Å². The van der Waals surface area contributed by atoms with E-state index in [0.29, 0.717) is 40.1 Å². The highest BCUT2D eigenvalue weighted by Gasteiger charge is 2.39. The number of carbonyl (C=O) groups excluding carboxylic acids is 1. The SMILES string of the molecule is CC(F)Oc1cccc(-c2cn(-c3ccc(F)cc3)c3nc(C(=O)N[C@@]4(C)CCS(=O)(=O)C4)cnc23)c1. The van der Waals surface area contributed by atoms with Crippen molar-refractivity contribution in [3.05, 3.63) is 72.4 Å². The minimum absolute atomic E-state index is 0.00868. The van der Waals surface area contributed by atoms with E-state index >= 15 is 0 Å². The van der Waals surface area contributed by atoms with Crippen molar-refractivity contribution in [3.8, 4) is 22.6 Å². The van der Waals surface area contributed by atoms with Crippen LogP contribution in [-0.2, 0) is 9.84 Å². The van der Waals surface area contributed by atoms with Crippen LogP contribution in [0, 0.1) is 5.82 Å². The van der Waals surface area contributed by atoms with Crippen LogP contribution < -0.4 is 10.1 Å². The van der Waals surface area contributed by atoms with Crippen molar-refractivity contribution in [3.63, 3.8) is 0 Å². The first-order chi connectivity index (χ1) is 17.5. The van der Waals surface area contributed by atoms with Crippen LogP contribution >= 0.6 is 0 Å². The molecule has 1 unspecified atom stereocenters. The van der Waals surface area contributed by atoms with E-state index in [1.165, 1.54) is 25.3 Å². The predicted molar refractivity (Wildman–Crippen MR) is 135 cm³/mol. The lowest BCUT2D eigenvalue weighted by Crippen LogP contribution is -2.47. The lowest BCUT2D eigenvalue weighted by atomic mass is 10.0. The van der Waals surface area contributed by atoms with Crippen molar-refractivity contribution in [2.24, 2.45) is 0 Å². The summed E-state index contributed by atoms with van der Waals surface area (Å²) >= 11 is 0. The topological polar surface area (TPSA) is 103 Å². The van der Waals surface area contributed by atoms with Crippen LogP contribution in [0.3, 0.4) is 0 Å². The zero-order valence-electron chi connectivity index (χ0n) is 20.1. The predicted octanol–water partition coefficient (Wildman–Crippen LogP) is 4.23. The lowest BCUT2D eigenvalue weighted by Gasteiger charge is -2.23. The van der Waals surface area contributed by atoms with Crippen LogP contribution in [0.5, 0.6) is 5.75 Å². The molecular weight excluding hydrogens is 502 g/mol. The normalized spacial score (nSPS) is 19.6. The Bertz CT molecular complexity index is 1600. The van der Waals surface area contributed by atoms with Gasteiger partial charge >= 0.3 is 0 Å². The van der Waals surface area contributed by atoms with Crippen molar-refractivity contribution in [2.75, 3.05) is 11.5 Å². The first-order valence-corrected chi connectivity index (χ1v) is 13.4. The zero-order valence-corrected chi connectivity index (χ0v) is 20.9. The van der Waals surface area contributed by atoms with Crippen LogP contribution in [0.1, 0.15) is 30.8 Å². The van der Waals surface area contributed by atoms with Gasteiger partial charge in [0.1, 0.15) is 22.8 Å². The van der Waals surface area contributed by atoms with E-state index in [-0.39, 0.29) is 17.2 Å². The molecular formula is C26H24F2N4O4S. The summed E-state index contributed by atoms with van der Waals surface area (Å²) in [4.78, 5) is 22.1. The number of nitrogens with one attached hydrogen (secondary N) is 1. The van der Waals surface area contributed by atoms with E-state index in [9.17, 15) is 22.0 Å². The van der Waals surface area contributed by atoms with Gasteiger partial charge in [-0.25, -0.2) is 27.2 Å². The van der Waals surface area contributed by atoms with Crippen molar-refractivity contribution in [1.82, 2.24) is 19.9 Å². The number of halogens is 2. The average Bonchev–Trinajstić information content (AvgIpc) is 3.35. The first-order valence-electron chi connectivity index (χ1n) is 11.6. The number of benzene rings is 2. The molecule has 37 heavy (non-hydrogen) atoms. The molecule has 1 amide bonds. The van der Waals surface area contributed by atoms with Gasteiger partial charge in [0.15, 0.2) is 15.5 Å². The summed E-state index contributed by atoms with van der Waals surface area (Å²) in [5, 5.41) is 2.79. The molecule has 11 heteroatoms. The Morgan fingerprint density at radius 2 is 1.97 bits per heavy atom. The molecule has 1 aliphatic rings. The summed E-state index contributed by atoms with van der Waals surface area (Å²) in [6, 6.07) is 12.6. The van der Waals surface area contributed by atoms with Gasteiger partial charge in [-0.1, -0.05) is 12.1 Å². The summed E-state index contributed by atoms with van der Waals surface area (Å²) in [5.74, 6) is -0.756. The fourth-order valence-electron chi connectivity index (χ4n) is 4.48. The Balaban J connectivity index is 1.59. The number of alkyl halides is 1. The van der Waals surface area contributed by atoms with Crippen LogP contribution in [0.2, 0.25) is 0 Å². The van der Waals surface area contributed by atoms with E-state index in [1.807, 2.05) is 6.07 Å². The molecule has 5 rings (SSSR count). The van der Waals surface area contributed by atoms with E-state index in [0.717, 1.165) is 0 Å². The Kier molecular flexibility index (Phi) is 6.18. The third-order valence-corrected chi connectivity index (χ3v) is 8.10. The van der Waals surface area contributed by atoms with E-state index in [2.05, 4.69) is 15.3 Å². The van der Waals surface area contributed by atoms with Crippen LogP contribution in [0.15, 0.2) is 60.9 Å². The highest BCUT2D eigenvalue weighted by Crippen LogP contribution is 2.33. The zero-order chi connectivity index (χ0) is 26.4. The number of sulfone groups is 1. The maximum absolute atomic E-state index is 13.6. The van der Waals surface area contributed by atoms with Crippen molar-refractivity contribution in [1.29, 1.82) is 0 Å². The fraction of sp³-hybridized carbons (Fsp3) is 0.269. The second kappa shape index (κ2) is 9.22. The molecule has 0 bridgehead atoms. The molecule has 1 fully saturated rings. The number of carbonyl (C=O) groups is 1. The third kappa shape index (κ3) is 5.17. The number of amides is 1. The summed E-state index contributed by atoms with van der Waals surface area (Å²) < 4.78 is 57.8. The molecule has 2 aromatic carbocycles. The molecule has 8 nitrogen and oxygen atoms in total. The largest absolute Gasteiger partial charge is 0.461 e. The van der Waals surface area contributed by atoms with Gasteiger partial charge in [0.05, 0.1) is 23.2 Å². The van der Waals surface area contributed by atoms with Gasteiger partial charge in [0, 0.05) is 24.4 Å². The molecule has 3 heterocycles. The molecule has 0 radical (unpaired) electrons. The molecule has 4 aromatic rings. The molecule has 2 aromatic heterocycles. The quantitative estimate of drug-likeness (QED) is 0.403. The minimum Gasteiger partial charge on any atom is -0.461 e. The van der Waals surface area contributed by atoms with E-state index in [4.69, 9.17) is 4.74 Å². The van der Waals surface area contributed by atoms with Gasteiger partial charge in [0.2, 0.25) is 6.36 Å². The van der Waals surface area contributed by atoms with Gasteiger partial charge in [0.25, 0.3) is 5.91 Å². The van der Waals surface area contributed by atoms with Crippen molar-refractivity contribution < 1.29 is 26.7 Å². The second-order valence-corrected chi connectivity index (χ2v) is 11.5. The summed E-state index contributed by atoms with van der Waals surface area (Å²) in [5.41, 5.74) is 1.82. The maximum atomic E-state index is 13.6. The summed E-state index contributed by atoms with van der Waals surface area (Å²) in [7, 11) is -3.22. The van der Waals surface area contributed by atoms with Gasteiger partial charge < -0.3 is 10.1 Å². The smallest absolute Gasteiger partial charge is 0.272 e. The van der Waals surface area contributed by atoms with Crippen molar-refractivity contribution >= 4 is 26.9 Å². The van der Waals surface area contributed by atoms with Crippen LogP contribution in [0.25, 0.3) is 28.0 Å². The number of ether oxygens (including phenoxy) is 1. The fourth-order valence-corrected chi connectivity index (χ4v) is 6.57. The molecule has 1 N–H and O–H groups in total. The number of rotatable bonds is 6. The highest BCUT2D eigenvalue weighted by molar-refractivity contribution is 7.91. The standard InChI is InChI=1S/C26H24F2N4O4S/c1-16(27)36-20-5-3-4-17(12-20)21-14-32(19-8-6-18(28)7-9-19)24-23(21)29-13-22(30-24)25(33)31-26(2)10-11-37(34,35)15-26/h3-9,12-14,16H,10-11,15H2,1-2H3,(H,31,33)/t16?,26-/m0/s1. The molecule has 0 aliphatic carbocycles. The Labute approximate surface area is 212 Å². The number of aromatic nitrogens is 3.